The Morgan fingerprint density at radius 2 is 1.60 bits per heavy atom. The van der Waals surface area contributed by atoms with E-state index >= 15 is 0 Å². The molecule has 17 heteroatoms. The van der Waals surface area contributed by atoms with Crippen LogP contribution in [0.3, 0.4) is 0 Å². The van der Waals surface area contributed by atoms with Crippen LogP contribution in [0.5, 0.6) is 5.75 Å². The molecule has 0 saturated carbocycles. The number of amides is 2. The number of benzene rings is 1. The number of nitrogens with zero attached hydrogens (tertiary/aromatic N) is 3. The third-order valence-electron chi connectivity index (χ3n) is 9.23. The fraction of sp³-hybridized carbons (Fsp3) is 0.742. The number of ether oxygens (including phenoxy) is 3. The summed E-state index contributed by atoms with van der Waals surface area (Å²) in [5.41, 5.74) is -2.36. The van der Waals surface area contributed by atoms with Gasteiger partial charge < -0.3 is 49.5 Å². The van der Waals surface area contributed by atoms with E-state index in [1.807, 2.05) is 0 Å². The molecular weight excluding hydrogens is 650 g/mol. The van der Waals surface area contributed by atoms with Crippen LogP contribution in [0.1, 0.15) is 31.2 Å². The van der Waals surface area contributed by atoms with Gasteiger partial charge in [-0.3, -0.25) is 9.69 Å². The highest BCUT2D eigenvalue weighted by atomic mass is 19.4. The number of piperidine rings is 1. The minimum absolute atomic E-state index is 0.0183. The second-order valence-electron chi connectivity index (χ2n) is 12.7. The summed E-state index contributed by atoms with van der Waals surface area (Å²) in [7, 11) is 0. The molecule has 0 unspecified atom stereocenters. The number of aliphatic hydroxyl groups is 5. The van der Waals surface area contributed by atoms with E-state index in [9.17, 15) is 47.6 Å². The van der Waals surface area contributed by atoms with Crippen molar-refractivity contribution < 1.29 is 66.9 Å². The van der Waals surface area contributed by atoms with E-state index in [-0.39, 0.29) is 43.4 Å². The van der Waals surface area contributed by atoms with Crippen LogP contribution >= 0.6 is 0 Å². The molecule has 13 nitrogen and oxygen atoms in total. The first-order valence-electron chi connectivity index (χ1n) is 16.1. The molecule has 3 aliphatic rings. The van der Waals surface area contributed by atoms with Crippen LogP contribution in [0.4, 0.5) is 22.4 Å². The zero-order valence-corrected chi connectivity index (χ0v) is 26.6. The average Bonchev–Trinajstić information content (AvgIpc) is 3.04. The van der Waals surface area contributed by atoms with E-state index in [2.05, 4.69) is 4.74 Å². The van der Waals surface area contributed by atoms with Crippen LogP contribution in [-0.4, -0.2) is 161 Å². The Labute approximate surface area is 275 Å². The molecule has 272 valence electrons. The molecule has 48 heavy (non-hydrogen) atoms. The molecule has 3 aliphatic heterocycles. The maximum Gasteiger partial charge on any atom is 0.433 e. The van der Waals surface area contributed by atoms with Gasteiger partial charge in [-0.2, -0.15) is 13.2 Å². The van der Waals surface area contributed by atoms with Crippen molar-refractivity contribution in [2.24, 2.45) is 5.92 Å². The van der Waals surface area contributed by atoms with Crippen LogP contribution in [-0.2, 0) is 20.7 Å². The van der Waals surface area contributed by atoms with Crippen molar-refractivity contribution >= 4 is 12.0 Å². The highest BCUT2D eigenvalue weighted by Gasteiger charge is 2.64. The van der Waals surface area contributed by atoms with Gasteiger partial charge in [0.1, 0.15) is 29.9 Å². The smallest absolute Gasteiger partial charge is 0.433 e. The summed E-state index contributed by atoms with van der Waals surface area (Å²) in [4.78, 5) is 29.8. The predicted molar refractivity (Wildman–Crippen MR) is 159 cm³/mol. The minimum atomic E-state index is -4.69. The summed E-state index contributed by atoms with van der Waals surface area (Å²) in [6, 6.07) is 4.31. The molecule has 0 aliphatic carbocycles. The molecule has 0 spiro atoms. The summed E-state index contributed by atoms with van der Waals surface area (Å²) >= 11 is 0. The van der Waals surface area contributed by atoms with E-state index in [4.69, 9.17) is 14.6 Å². The molecule has 3 heterocycles. The molecule has 1 aromatic carbocycles. The lowest BCUT2D eigenvalue weighted by molar-refractivity contribution is -0.333. The molecule has 3 saturated heterocycles. The lowest BCUT2D eigenvalue weighted by Crippen LogP contribution is -2.64. The number of rotatable bonds is 14. The predicted octanol–water partition coefficient (Wildman–Crippen LogP) is 0.287. The molecule has 1 aromatic rings. The zero-order valence-electron chi connectivity index (χ0n) is 26.6. The van der Waals surface area contributed by atoms with Gasteiger partial charge in [-0.15, -0.1) is 0 Å². The monoisotopic (exact) mass is 695 g/mol. The second-order valence-corrected chi connectivity index (χ2v) is 12.7. The van der Waals surface area contributed by atoms with Crippen LogP contribution in [0.15, 0.2) is 18.2 Å². The third kappa shape index (κ3) is 9.67. The van der Waals surface area contributed by atoms with Crippen molar-refractivity contribution in [2.75, 3.05) is 72.2 Å². The number of halogens is 4. The van der Waals surface area contributed by atoms with E-state index < -0.39 is 67.9 Å². The Hall–Kier alpha value is -2.80. The van der Waals surface area contributed by atoms with Gasteiger partial charge in [-0.05, 0) is 43.2 Å². The van der Waals surface area contributed by atoms with Gasteiger partial charge in [0, 0.05) is 51.9 Å². The third-order valence-corrected chi connectivity index (χ3v) is 9.23. The van der Waals surface area contributed by atoms with Crippen molar-refractivity contribution in [3.8, 4) is 5.75 Å². The van der Waals surface area contributed by atoms with E-state index in [1.54, 1.807) is 15.9 Å². The minimum Gasteiger partial charge on any atom is -0.493 e. The van der Waals surface area contributed by atoms with Crippen LogP contribution in [0.2, 0.25) is 0 Å². The Balaban J connectivity index is 1.11. The van der Waals surface area contributed by atoms with Crippen molar-refractivity contribution in [1.29, 1.82) is 0 Å². The normalized spacial score (nSPS) is 21.6. The summed E-state index contributed by atoms with van der Waals surface area (Å²) < 4.78 is 69.7. The quantitative estimate of drug-likeness (QED) is 0.134. The number of alkyl halides is 3. The number of β-amino-alcohol motifs (C(OH)–C–C–N with tert-alkyl or cyclic N) is 1. The highest BCUT2D eigenvalue weighted by molar-refractivity contribution is 5.79. The Morgan fingerprint density at radius 1 is 0.958 bits per heavy atom. The van der Waals surface area contributed by atoms with Crippen molar-refractivity contribution in [3.05, 3.63) is 29.6 Å². The van der Waals surface area contributed by atoms with E-state index in [0.29, 0.717) is 57.8 Å². The molecule has 4 atom stereocenters. The maximum atomic E-state index is 14.8. The summed E-state index contributed by atoms with van der Waals surface area (Å²) in [5.74, 6) is -0.296. The summed E-state index contributed by atoms with van der Waals surface area (Å²) in [6.07, 6.45) is -9.56. The molecule has 5 N–H and O–H groups in total. The van der Waals surface area contributed by atoms with Crippen LogP contribution < -0.4 is 4.74 Å². The lowest BCUT2D eigenvalue weighted by atomic mass is 9.92. The van der Waals surface area contributed by atoms with Gasteiger partial charge in [0.05, 0.1) is 39.0 Å². The summed E-state index contributed by atoms with van der Waals surface area (Å²) in [6.45, 7) is 0.0615. The number of hydrogen-bond acceptors (Lipinski definition) is 11. The van der Waals surface area contributed by atoms with Gasteiger partial charge in [0.15, 0.2) is 0 Å². The molecule has 0 aromatic heterocycles. The van der Waals surface area contributed by atoms with Gasteiger partial charge in [0.2, 0.25) is 5.91 Å². The molecule has 0 radical (unpaired) electrons. The zero-order chi connectivity index (χ0) is 35.1. The lowest BCUT2D eigenvalue weighted by Gasteiger charge is -2.43. The summed E-state index contributed by atoms with van der Waals surface area (Å²) in [5, 5.41) is 48.4. The first-order chi connectivity index (χ1) is 22.7. The SMILES string of the molecule is O=C(Cc1ccc(OCCCC2CCN(C(=O)OC3(C(F)(F)F)COC3)CC2)cc1F)N1CCN(C[C@H](O)[C@@H](O)[C@H](O)[C@H](O)CO)CC1. The number of carbonyl (C=O) groups is 2. The van der Waals surface area contributed by atoms with Gasteiger partial charge in [-0.25, -0.2) is 9.18 Å². The number of likely N-dealkylation sites (tertiary alicyclic amines) is 1. The Kier molecular flexibility index (Phi) is 13.3. The van der Waals surface area contributed by atoms with E-state index in [0.717, 1.165) is 6.42 Å². The highest BCUT2D eigenvalue weighted by Crippen LogP contribution is 2.40. The average molecular weight is 696 g/mol. The maximum absolute atomic E-state index is 14.8. The standard InChI is InChI=1S/C31H45F4N3O10/c32-23-15-22(47-13-1-2-20-5-7-38(8-6-20)29(45)48-30(18-46-19-30)31(33,34)35)4-3-21(23)14-26(42)37-11-9-36(10-12-37)16-24(40)27(43)28(44)25(41)17-39/h3-4,15,20,24-25,27-28,39-41,43-44H,1-2,5-14,16-19H2/t24-,25+,27+,28+/m0/s1. The number of aliphatic hydroxyl groups excluding tert-OH is 5. The van der Waals surface area contributed by atoms with Gasteiger partial charge in [-0.1, -0.05) is 6.07 Å². The first-order valence-corrected chi connectivity index (χ1v) is 16.1. The molecule has 4 rings (SSSR count). The number of hydrogen-bond donors (Lipinski definition) is 5. The van der Waals surface area contributed by atoms with E-state index in [1.165, 1.54) is 17.0 Å². The van der Waals surface area contributed by atoms with Crippen molar-refractivity contribution in [2.45, 2.75) is 68.3 Å². The Bertz CT molecular complexity index is 1210. The fourth-order valence-corrected chi connectivity index (χ4v) is 5.92. The molecule has 3 fully saturated rings. The molecular formula is C31H45F4N3O10. The number of piperazine rings is 1. The largest absolute Gasteiger partial charge is 0.493 e. The first kappa shape index (κ1) is 38.0. The Morgan fingerprint density at radius 3 is 2.17 bits per heavy atom. The van der Waals surface area contributed by atoms with Gasteiger partial charge in [0.25, 0.3) is 5.60 Å². The molecule has 2 amide bonds. The topological polar surface area (TPSA) is 173 Å². The fourth-order valence-electron chi connectivity index (χ4n) is 5.92. The molecule has 0 bridgehead atoms. The second kappa shape index (κ2) is 16.7. The number of carbonyl (C=O) groups excluding carboxylic acids is 2. The van der Waals surface area contributed by atoms with Crippen LogP contribution in [0.25, 0.3) is 0 Å². The van der Waals surface area contributed by atoms with Crippen molar-refractivity contribution in [1.82, 2.24) is 14.7 Å². The van der Waals surface area contributed by atoms with Crippen molar-refractivity contribution in [3.63, 3.8) is 0 Å². The van der Waals surface area contributed by atoms with Gasteiger partial charge >= 0.3 is 12.3 Å². The van der Waals surface area contributed by atoms with Crippen LogP contribution in [0, 0.1) is 11.7 Å².